The number of methoxy groups -OCH3 is 2. The molecule has 2 amide bonds. The SMILES string of the molecule is C=CCN1O[C@H]2C(=O)N(C)C(=O)[C@H]2[C@H]1c1ccc(OC)c(OCC(=O)OCCOCCOC)c1Br. The Morgan fingerprint density at radius 1 is 1.17 bits per heavy atom. The molecule has 0 unspecified atom stereocenters. The molecule has 2 heterocycles. The van der Waals surface area contributed by atoms with Gasteiger partial charge in [-0.05, 0) is 27.6 Å². The molecule has 2 saturated heterocycles. The number of benzene rings is 1. The predicted molar refractivity (Wildman–Crippen MR) is 126 cm³/mol. The maximum absolute atomic E-state index is 12.9. The molecule has 11 nitrogen and oxygen atoms in total. The molecular formula is C23H29BrN2O9. The number of likely N-dealkylation sites (N-methyl/N-ethyl adjacent to an activating group) is 1. The van der Waals surface area contributed by atoms with Crippen molar-refractivity contribution in [2.45, 2.75) is 12.1 Å². The van der Waals surface area contributed by atoms with Crippen molar-refractivity contribution in [1.82, 2.24) is 9.96 Å². The number of hydroxylamine groups is 2. The van der Waals surface area contributed by atoms with E-state index in [2.05, 4.69) is 22.5 Å². The number of hydrogen-bond acceptors (Lipinski definition) is 10. The maximum Gasteiger partial charge on any atom is 0.344 e. The van der Waals surface area contributed by atoms with Crippen LogP contribution in [-0.2, 0) is 33.4 Å². The van der Waals surface area contributed by atoms with Gasteiger partial charge in [-0.25, -0.2) is 4.79 Å². The van der Waals surface area contributed by atoms with Crippen LogP contribution in [-0.4, -0.2) is 94.7 Å². The Balaban J connectivity index is 1.77. The van der Waals surface area contributed by atoms with Gasteiger partial charge in [0.1, 0.15) is 6.61 Å². The standard InChI is InChI=1S/C23H29BrN2O9/c1-5-8-26-19(17-21(35-26)23(29)25(2)22(17)28)14-6-7-15(31-4)20(18(14)24)34-13-16(27)33-12-11-32-10-9-30-3/h5-7,17,19,21H,1,8-13H2,2-4H3/t17-,19+,21+/m0/s1. The van der Waals surface area contributed by atoms with Gasteiger partial charge in [0.15, 0.2) is 24.2 Å². The second-order valence-corrected chi connectivity index (χ2v) is 8.53. The number of ether oxygens (including phenoxy) is 5. The van der Waals surface area contributed by atoms with Crippen molar-refractivity contribution in [3.05, 3.63) is 34.8 Å². The number of likely N-dealkylation sites (tertiary alicyclic amines) is 1. The molecule has 0 spiro atoms. The number of rotatable bonds is 13. The second-order valence-electron chi connectivity index (χ2n) is 7.73. The number of hydrogen-bond donors (Lipinski definition) is 0. The summed E-state index contributed by atoms with van der Waals surface area (Å²) in [6.07, 6.45) is 0.702. The topological polar surface area (TPSA) is 113 Å². The number of fused-ring (bicyclic) bond motifs is 1. The molecule has 1 aromatic rings. The summed E-state index contributed by atoms with van der Waals surface area (Å²) in [6, 6.07) is 2.82. The molecule has 35 heavy (non-hydrogen) atoms. The first kappa shape index (κ1) is 27.1. The Bertz CT molecular complexity index is 957. The molecule has 0 radical (unpaired) electrons. The summed E-state index contributed by atoms with van der Waals surface area (Å²) >= 11 is 3.54. The Morgan fingerprint density at radius 2 is 1.91 bits per heavy atom. The Hall–Kier alpha value is -2.51. The lowest BCUT2D eigenvalue weighted by atomic mass is 9.90. The van der Waals surface area contributed by atoms with Gasteiger partial charge < -0.3 is 23.7 Å². The summed E-state index contributed by atoms with van der Waals surface area (Å²) in [5.74, 6) is -1.44. The predicted octanol–water partition coefficient (Wildman–Crippen LogP) is 1.50. The van der Waals surface area contributed by atoms with E-state index in [-0.39, 0.29) is 38.0 Å². The Kier molecular flexibility index (Phi) is 9.63. The van der Waals surface area contributed by atoms with Crippen molar-refractivity contribution in [2.75, 3.05) is 60.8 Å². The molecule has 3 atom stereocenters. The van der Waals surface area contributed by atoms with Gasteiger partial charge in [-0.15, -0.1) is 6.58 Å². The quantitative estimate of drug-likeness (QED) is 0.153. The van der Waals surface area contributed by atoms with Crippen LogP contribution < -0.4 is 9.47 Å². The third-order valence-electron chi connectivity index (χ3n) is 5.61. The number of imide groups is 1. The van der Waals surface area contributed by atoms with Gasteiger partial charge in [-0.3, -0.25) is 19.3 Å². The van der Waals surface area contributed by atoms with Gasteiger partial charge in [-0.2, -0.15) is 5.06 Å². The number of carbonyl (C=O) groups is 3. The van der Waals surface area contributed by atoms with Gasteiger partial charge >= 0.3 is 5.97 Å². The lowest BCUT2D eigenvalue weighted by Crippen LogP contribution is -2.34. The average Bonchev–Trinajstić information content (AvgIpc) is 3.31. The molecule has 0 saturated carbocycles. The summed E-state index contributed by atoms with van der Waals surface area (Å²) in [5, 5.41) is 1.55. The van der Waals surface area contributed by atoms with E-state index in [0.29, 0.717) is 29.0 Å². The van der Waals surface area contributed by atoms with E-state index in [0.717, 1.165) is 4.90 Å². The first-order valence-corrected chi connectivity index (χ1v) is 11.7. The van der Waals surface area contributed by atoms with Crippen LogP contribution in [0.1, 0.15) is 11.6 Å². The monoisotopic (exact) mass is 556 g/mol. The van der Waals surface area contributed by atoms with Crippen molar-refractivity contribution in [3.8, 4) is 11.5 Å². The molecule has 0 bridgehead atoms. The molecule has 0 aromatic heterocycles. The van der Waals surface area contributed by atoms with E-state index in [9.17, 15) is 14.4 Å². The third-order valence-corrected chi connectivity index (χ3v) is 6.43. The van der Waals surface area contributed by atoms with E-state index >= 15 is 0 Å². The first-order chi connectivity index (χ1) is 16.8. The molecule has 12 heteroatoms. The van der Waals surface area contributed by atoms with Crippen LogP contribution in [0.2, 0.25) is 0 Å². The van der Waals surface area contributed by atoms with Crippen LogP contribution >= 0.6 is 15.9 Å². The number of esters is 1. The number of carbonyl (C=O) groups excluding carboxylic acids is 3. The first-order valence-electron chi connectivity index (χ1n) is 10.9. The lowest BCUT2D eigenvalue weighted by molar-refractivity contribution is -0.174. The van der Waals surface area contributed by atoms with E-state index in [1.807, 2.05) is 0 Å². The molecular weight excluding hydrogens is 528 g/mol. The van der Waals surface area contributed by atoms with Crippen molar-refractivity contribution < 1.29 is 42.9 Å². The number of halogens is 1. The van der Waals surface area contributed by atoms with Crippen LogP contribution in [0.15, 0.2) is 29.3 Å². The van der Waals surface area contributed by atoms with Crippen molar-refractivity contribution in [1.29, 1.82) is 0 Å². The van der Waals surface area contributed by atoms with Crippen LogP contribution in [0.3, 0.4) is 0 Å². The van der Waals surface area contributed by atoms with Crippen LogP contribution in [0, 0.1) is 5.92 Å². The molecule has 2 fully saturated rings. The highest BCUT2D eigenvalue weighted by Crippen LogP contribution is 2.49. The summed E-state index contributed by atoms with van der Waals surface area (Å²) in [6.45, 7) is 4.82. The number of nitrogens with zero attached hydrogens (tertiary/aromatic N) is 2. The fourth-order valence-corrected chi connectivity index (χ4v) is 4.63. The highest BCUT2D eigenvalue weighted by molar-refractivity contribution is 9.10. The molecule has 0 aliphatic carbocycles. The highest BCUT2D eigenvalue weighted by Gasteiger charge is 2.58. The summed E-state index contributed by atoms with van der Waals surface area (Å²) in [4.78, 5) is 44.5. The summed E-state index contributed by atoms with van der Waals surface area (Å²) < 4.78 is 26.9. The maximum atomic E-state index is 12.9. The van der Waals surface area contributed by atoms with E-state index in [1.54, 1.807) is 30.4 Å². The zero-order valence-corrected chi connectivity index (χ0v) is 21.4. The Labute approximate surface area is 211 Å². The van der Waals surface area contributed by atoms with Crippen LogP contribution in [0.25, 0.3) is 0 Å². The summed E-state index contributed by atoms with van der Waals surface area (Å²) in [5.41, 5.74) is 0.631. The van der Waals surface area contributed by atoms with Gasteiger partial charge in [-0.1, -0.05) is 12.1 Å². The van der Waals surface area contributed by atoms with Crippen molar-refractivity contribution in [3.63, 3.8) is 0 Å². The van der Waals surface area contributed by atoms with Gasteiger partial charge in [0.05, 0.1) is 43.4 Å². The molecule has 0 N–H and O–H groups in total. The fraction of sp³-hybridized carbons (Fsp3) is 0.522. The lowest BCUT2D eigenvalue weighted by Gasteiger charge is -2.27. The van der Waals surface area contributed by atoms with Crippen LogP contribution in [0.5, 0.6) is 11.5 Å². The molecule has 192 valence electrons. The second kappa shape index (κ2) is 12.5. The minimum Gasteiger partial charge on any atom is -0.493 e. The Morgan fingerprint density at radius 3 is 2.60 bits per heavy atom. The van der Waals surface area contributed by atoms with Crippen molar-refractivity contribution >= 4 is 33.7 Å². The zero-order chi connectivity index (χ0) is 25.5. The van der Waals surface area contributed by atoms with Gasteiger partial charge in [0, 0.05) is 20.7 Å². The van der Waals surface area contributed by atoms with Gasteiger partial charge in [0.25, 0.3) is 5.91 Å². The van der Waals surface area contributed by atoms with Gasteiger partial charge in [0.2, 0.25) is 5.91 Å². The molecule has 2 aliphatic heterocycles. The van der Waals surface area contributed by atoms with E-state index in [4.69, 9.17) is 28.5 Å². The normalized spacial score (nSPS) is 21.8. The van der Waals surface area contributed by atoms with E-state index < -0.39 is 29.9 Å². The van der Waals surface area contributed by atoms with E-state index in [1.165, 1.54) is 14.2 Å². The minimum atomic E-state index is -0.920. The summed E-state index contributed by atoms with van der Waals surface area (Å²) in [7, 11) is 4.48. The molecule has 1 aromatic carbocycles. The minimum absolute atomic E-state index is 0.0763. The zero-order valence-electron chi connectivity index (χ0n) is 19.9. The van der Waals surface area contributed by atoms with Crippen molar-refractivity contribution in [2.24, 2.45) is 5.92 Å². The average molecular weight is 557 g/mol. The largest absolute Gasteiger partial charge is 0.493 e. The molecule has 2 aliphatic rings. The third kappa shape index (κ3) is 5.84. The number of amides is 2. The molecule has 3 rings (SSSR count). The smallest absolute Gasteiger partial charge is 0.344 e. The highest BCUT2D eigenvalue weighted by atomic mass is 79.9. The fourth-order valence-electron chi connectivity index (χ4n) is 3.95. The van der Waals surface area contributed by atoms with Crippen LogP contribution in [0.4, 0.5) is 0 Å².